The molecule has 0 saturated heterocycles. The molecule has 2 rings (SSSR count). The molecule has 94 valence electrons. The number of anilines is 1. The van der Waals surface area contributed by atoms with E-state index in [1.165, 1.54) is 18.5 Å². The Hall–Kier alpha value is -0.210. The lowest BCUT2D eigenvalue weighted by Crippen LogP contribution is -2.29. The molecular weight excluding hydrogens is 298 g/mol. The van der Waals surface area contributed by atoms with Crippen molar-refractivity contribution in [3.05, 3.63) is 28.8 Å². The molecule has 0 amide bonds. The quantitative estimate of drug-likeness (QED) is 0.701. The van der Waals surface area contributed by atoms with Crippen molar-refractivity contribution in [3.63, 3.8) is 0 Å². The first-order valence-corrected chi connectivity index (χ1v) is 7.72. The summed E-state index contributed by atoms with van der Waals surface area (Å²) >= 11 is 9.73. The molecule has 0 aromatic heterocycles. The number of benzene rings is 1. The van der Waals surface area contributed by atoms with Crippen molar-refractivity contribution in [2.75, 3.05) is 11.4 Å². The summed E-state index contributed by atoms with van der Waals surface area (Å²) < 4.78 is 0. The number of hydrogen-bond acceptors (Lipinski definition) is 1. The maximum atomic E-state index is 6.28. The summed E-state index contributed by atoms with van der Waals surface area (Å²) in [4.78, 5) is 2.51. The van der Waals surface area contributed by atoms with Crippen molar-refractivity contribution < 1.29 is 0 Å². The van der Waals surface area contributed by atoms with Gasteiger partial charge in [0.15, 0.2) is 0 Å². The van der Waals surface area contributed by atoms with E-state index in [-0.39, 0.29) is 0 Å². The Bertz CT molecular complexity index is 388. The van der Waals surface area contributed by atoms with E-state index in [2.05, 4.69) is 52.9 Å². The Morgan fingerprint density at radius 3 is 2.59 bits per heavy atom. The van der Waals surface area contributed by atoms with Gasteiger partial charge in [-0.25, -0.2) is 0 Å². The van der Waals surface area contributed by atoms with Gasteiger partial charge in [-0.2, -0.15) is 0 Å². The van der Waals surface area contributed by atoms with Crippen molar-refractivity contribution in [1.29, 1.82) is 0 Å². The minimum absolute atomic E-state index is 0.685. The normalized spacial score (nSPS) is 15.4. The van der Waals surface area contributed by atoms with Gasteiger partial charge in [-0.3, -0.25) is 0 Å². The summed E-state index contributed by atoms with van der Waals surface area (Å²) in [7, 11) is 0. The smallest absolute Gasteiger partial charge is 0.0467 e. The van der Waals surface area contributed by atoms with Gasteiger partial charge in [0.05, 0.1) is 0 Å². The van der Waals surface area contributed by atoms with Gasteiger partial charge in [-0.15, -0.1) is 0 Å². The van der Waals surface area contributed by atoms with Crippen LogP contribution in [0, 0.1) is 5.92 Å². The summed E-state index contributed by atoms with van der Waals surface area (Å²) in [5.41, 5.74) is 2.44. The van der Waals surface area contributed by atoms with E-state index < -0.39 is 0 Å². The molecule has 1 nitrogen and oxygen atoms in total. The average Bonchev–Trinajstić information content (AvgIpc) is 3.09. The van der Waals surface area contributed by atoms with E-state index in [1.54, 1.807) is 0 Å². The zero-order valence-corrected chi connectivity index (χ0v) is 12.8. The SMILES string of the molecule is CC(C)CN(c1ccc(CBr)c(Cl)c1)C1CC1. The fourth-order valence-electron chi connectivity index (χ4n) is 2.07. The van der Waals surface area contributed by atoms with E-state index >= 15 is 0 Å². The Labute approximate surface area is 117 Å². The number of rotatable bonds is 5. The second-order valence-corrected chi connectivity index (χ2v) is 6.15. The molecule has 0 aliphatic heterocycles. The van der Waals surface area contributed by atoms with Crippen LogP contribution in [-0.4, -0.2) is 12.6 Å². The average molecular weight is 317 g/mol. The van der Waals surface area contributed by atoms with Gasteiger partial charge in [0.2, 0.25) is 0 Å². The lowest BCUT2D eigenvalue weighted by Gasteiger charge is -2.27. The first kappa shape index (κ1) is 13.2. The van der Waals surface area contributed by atoms with Crippen LogP contribution in [0.25, 0.3) is 0 Å². The molecule has 1 aliphatic carbocycles. The molecular formula is C14H19BrClN. The van der Waals surface area contributed by atoms with E-state index in [0.717, 1.165) is 28.5 Å². The van der Waals surface area contributed by atoms with Gasteiger partial charge in [0, 0.05) is 28.6 Å². The number of alkyl halides is 1. The Morgan fingerprint density at radius 2 is 2.12 bits per heavy atom. The fraction of sp³-hybridized carbons (Fsp3) is 0.571. The van der Waals surface area contributed by atoms with E-state index in [0.29, 0.717) is 5.92 Å². The Balaban J connectivity index is 2.20. The number of hydrogen-bond donors (Lipinski definition) is 0. The highest BCUT2D eigenvalue weighted by atomic mass is 79.9. The predicted octanol–water partition coefficient (Wildman–Crippen LogP) is 4.86. The Kier molecular flexibility index (Phi) is 4.37. The zero-order valence-electron chi connectivity index (χ0n) is 10.4. The van der Waals surface area contributed by atoms with Crippen LogP contribution in [0.3, 0.4) is 0 Å². The third-order valence-electron chi connectivity index (χ3n) is 3.06. The maximum Gasteiger partial charge on any atom is 0.0467 e. The third kappa shape index (κ3) is 3.38. The highest BCUT2D eigenvalue weighted by molar-refractivity contribution is 9.08. The Morgan fingerprint density at radius 1 is 1.41 bits per heavy atom. The topological polar surface area (TPSA) is 3.24 Å². The zero-order chi connectivity index (χ0) is 12.4. The highest BCUT2D eigenvalue weighted by Crippen LogP contribution is 2.34. The van der Waals surface area contributed by atoms with Crippen LogP contribution in [0.15, 0.2) is 18.2 Å². The molecule has 0 radical (unpaired) electrons. The van der Waals surface area contributed by atoms with Gasteiger partial charge in [-0.05, 0) is 36.5 Å². The van der Waals surface area contributed by atoms with Crippen molar-refractivity contribution in [3.8, 4) is 0 Å². The molecule has 17 heavy (non-hydrogen) atoms. The van der Waals surface area contributed by atoms with Gasteiger partial charge in [-0.1, -0.05) is 47.4 Å². The first-order valence-electron chi connectivity index (χ1n) is 6.23. The van der Waals surface area contributed by atoms with Crippen LogP contribution in [-0.2, 0) is 5.33 Å². The minimum atomic E-state index is 0.685. The van der Waals surface area contributed by atoms with Gasteiger partial charge < -0.3 is 4.90 Å². The summed E-state index contributed by atoms with van der Waals surface area (Å²) in [5.74, 6) is 0.685. The molecule has 0 unspecified atom stereocenters. The van der Waals surface area contributed by atoms with Gasteiger partial charge in [0.25, 0.3) is 0 Å². The molecule has 0 atom stereocenters. The van der Waals surface area contributed by atoms with E-state index in [4.69, 9.17) is 11.6 Å². The third-order valence-corrected chi connectivity index (χ3v) is 4.02. The molecule has 3 heteroatoms. The van der Waals surface area contributed by atoms with E-state index in [1.807, 2.05) is 0 Å². The highest BCUT2D eigenvalue weighted by Gasteiger charge is 2.29. The summed E-state index contributed by atoms with van der Waals surface area (Å²) in [6, 6.07) is 7.17. The van der Waals surface area contributed by atoms with Crippen molar-refractivity contribution in [1.82, 2.24) is 0 Å². The molecule has 0 N–H and O–H groups in total. The minimum Gasteiger partial charge on any atom is -0.368 e. The molecule has 1 aromatic carbocycles. The van der Waals surface area contributed by atoms with Gasteiger partial charge >= 0.3 is 0 Å². The second-order valence-electron chi connectivity index (χ2n) is 5.19. The molecule has 0 spiro atoms. The first-order chi connectivity index (χ1) is 8.11. The van der Waals surface area contributed by atoms with Crippen LogP contribution < -0.4 is 4.90 Å². The van der Waals surface area contributed by atoms with Crippen LogP contribution in [0.4, 0.5) is 5.69 Å². The van der Waals surface area contributed by atoms with Crippen molar-refractivity contribution in [2.45, 2.75) is 38.1 Å². The molecule has 1 aliphatic rings. The van der Waals surface area contributed by atoms with Crippen LogP contribution in [0.1, 0.15) is 32.3 Å². The summed E-state index contributed by atoms with van der Waals surface area (Å²) in [5, 5.41) is 1.69. The van der Waals surface area contributed by atoms with Crippen molar-refractivity contribution in [2.24, 2.45) is 5.92 Å². The van der Waals surface area contributed by atoms with E-state index in [9.17, 15) is 0 Å². The molecule has 1 saturated carbocycles. The van der Waals surface area contributed by atoms with Crippen LogP contribution in [0.2, 0.25) is 5.02 Å². The monoisotopic (exact) mass is 315 g/mol. The second kappa shape index (κ2) is 5.62. The number of nitrogens with zero attached hydrogens (tertiary/aromatic N) is 1. The largest absolute Gasteiger partial charge is 0.368 e. The van der Waals surface area contributed by atoms with Crippen LogP contribution in [0.5, 0.6) is 0 Å². The predicted molar refractivity (Wildman–Crippen MR) is 79.3 cm³/mol. The van der Waals surface area contributed by atoms with Gasteiger partial charge in [0.1, 0.15) is 0 Å². The van der Waals surface area contributed by atoms with Crippen molar-refractivity contribution >= 4 is 33.2 Å². The molecule has 0 bridgehead atoms. The maximum absolute atomic E-state index is 6.28. The summed E-state index contributed by atoms with van der Waals surface area (Å²) in [6.45, 7) is 5.66. The molecule has 1 fully saturated rings. The molecule has 1 aromatic rings. The van der Waals surface area contributed by atoms with Crippen LogP contribution >= 0.6 is 27.5 Å². The number of halogens is 2. The lowest BCUT2D eigenvalue weighted by molar-refractivity contribution is 0.607. The lowest BCUT2D eigenvalue weighted by atomic mass is 10.1. The standard InChI is InChI=1S/C14H19BrClN/c1-10(2)9-17(12-5-6-12)13-4-3-11(8-15)14(16)7-13/h3-4,7,10,12H,5-6,8-9H2,1-2H3. The fourth-order valence-corrected chi connectivity index (χ4v) is 2.96. The summed E-state index contributed by atoms with van der Waals surface area (Å²) in [6.07, 6.45) is 2.65. The molecule has 0 heterocycles.